The van der Waals surface area contributed by atoms with Gasteiger partial charge in [0.1, 0.15) is 0 Å². The largest absolute Gasteiger partial charge is 0.309 e. The lowest BCUT2D eigenvalue weighted by molar-refractivity contribution is 0.130. The number of nitrogens with zero attached hydrogens (tertiary/aromatic N) is 3. The van der Waals surface area contributed by atoms with E-state index in [1.54, 1.807) is 0 Å². The predicted octanol–water partition coefficient (Wildman–Crippen LogP) is -0.571. The molecule has 2 N–H and O–H groups in total. The van der Waals surface area contributed by atoms with Crippen LogP contribution in [0.2, 0.25) is 0 Å². The predicted molar refractivity (Wildman–Crippen MR) is 55.4 cm³/mol. The van der Waals surface area contributed by atoms with Crippen molar-refractivity contribution in [3.63, 3.8) is 0 Å². The molecule has 1 fully saturated rings. The maximum atomic E-state index is 5.67. The van der Waals surface area contributed by atoms with E-state index < -0.39 is 0 Å². The van der Waals surface area contributed by atoms with Gasteiger partial charge in [0.05, 0.1) is 0 Å². The van der Waals surface area contributed by atoms with Crippen LogP contribution < -0.4 is 5.84 Å². The highest BCUT2D eigenvalue weighted by molar-refractivity contribution is 4.68. The van der Waals surface area contributed by atoms with Gasteiger partial charge in [0.15, 0.2) is 0 Å². The van der Waals surface area contributed by atoms with Crippen LogP contribution in [0.15, 0.2) is 0 Å². The molecule has 78 valence electrons. The van der Waals surface area contributed by atoms with Crippen LogP contribution in [0.5, 0.6) is 0 Å². The zero-order valence-electron chi connectivity index (χ0n) is 8.87. The molecule has 0 aromatic heterocycles. The van der Waals surface area contributed by atoms with Crippen molar-refractivity contribution in [2.75, 3.05) is 53.4 Å². The van der Waals surface area contributed by atoms with Gasteiger partial charge < -0.3 is 9.80 Å². The maximum absolute atomic E-state index is 5.67. The lowest BCUT2D eigenvalue weighted by Gasteiger charge is -2.32. The number of hydrogen-bond donors (Lipinski definition) is 1. The highest BCUT2D eigenvalue weighted by Gasteiger charge is 2.12. The molecule has 0 bridgehead atoms. The smallest absolute Gasteiger partial charge is 0.0257 e. The lowest BCUT2D eigenvalue weighted by Crippen LogP contribution is -2.49. The zero-order chi connectivity index (χ0) is 9.68. The van der Waals surface area contributed by atoms with Crippen molar-refractivity contribution in [1.29, 1.82) is 0 Å². The Bertz CT molecular complexity index is 130. The van der Waals surface area contributed by atoms with Crippen molar-refractivity contribution in [2.24, 2.45) is 5.84 Å². The number of nitrogens with two attached hydrogens (primary N) is 1. The summed E-state index contributed by atoms with van der Waals surface area (Å²) < 4.78 is 0. The van der Waals surface area contributed by atoms with Gasteiger partial charge in [0, 0.05) is 26.2 Å². The normalized spacial score (nSPS) is 21.2. The molecule has 0 spiro atoms. The van der Waals surface area contributed by atoms with Crippen LogP contribution in [0, 0.1) is 0 Å². The van der Waals surface area contributed by atoms with Gasteiger partial charge in [-0.3, -0.25) is 5.84 Å². The molecule has 0 saturated carbocycles. The Morgan fingerprint density at radius 2 is 1.77 bits per heavy atom. The average Bonchev–Trinajstić information content (AvgIpc) is 2.08. The van der Waals surface area contributed by atoms with Gasteiger partial charge in [0.2, 0.25) is 0 Å². The van der Waals surface area contributed by atoms with Crippen LogP contribution >= 0.6 is 0 Å². The van der Waals surface area contributed by atoms with Crippen molar-refractivity contribution in [3.8, 4) is 0 Å². The molecule has 1 aliphatic rings. The Labute approximate surface area is 81.2 Å². The highest BCUT2D eigenvalue weighted by Crippen LogP contribution is 1.98. The number of rotatable bonds is 4. The van der Waals surface area contributed by atoms with Crippen LogP contribution in [0.1, 0.15) is 6.42 Å². The molecule has 0 radical (unpaired) electrons. The molecule has 0 unspecified atom stereocenters. The minimum Gasteiger partial charge on any atom is -0.309 e. The van der Waals surface area contributed by atoms with E-state index in [1.165, 1.54) is 19.5 Å². The van der Waals surface area contributed by atoms with Crippen LogP contribution in [0.4, 0.5) is 0 Å². The third kappa shape index (κ3) is 4.57. The summed E-state index contributed by atoms with van der Waals surface area (Å²) >= 11 is 0. The molecule has 0 atom stereocenters. The summed E-state index contributed by atoms with van der Waals surface area (Å²) in [5, 5.41) is 1.91. The Hall–Kier alpha value is -0.160. The average molecular weight is 186 g/mol. The van der Waals surface area contributed by atoms with Gasteiger partial charge in [-0.25, -0.2) is 5.01 Å². The number of hydrazine groups is 1. The van der Waals surface area contributed by atoms with Crippen molar-refractivity contribution >= 4 is 0 Å². The van der Waals surface area contributed by atoms with Crippen LogP contribution in [-0.4, -0.2) is 68.2 Å². The summed E-state index contributed by atoms with van der Waals surface area (Å²) in [6.07, 6.45) is 1.26. The number of piperazine rings is 1. The maximum Gasteiger partial charge on any atom is 0.0257 e. The van der Waals surface area contributed by atoms with E-state index in [2.05, 4.69) is 23.9 Å². The van der Waals surface area contributed by atoms with E-state index in [9.17, 15) is 0 Å². The van der Waals surface area contributed by atoms with Gasteiger partial charge in [0.25, 0.3) is 0 Å². The molecule has 0 aromatic rings. The van der Waals surface area contributed by atoms with Crippen LogP contribution in [0.25, 0.3) is 0 Å². The summed E-state index contributed by atoms with van der Waals surface area (Å²) in [6.45, 7) is 6.69. The molecule has 0 aromatic carbocycles. The van der Waals surface area contributed by atoms with Crippen molar-refractivity contribution in [2.45, 2.75) is 6.42 Å². The Kier molecular flexibility index (Phi) is 4.66. The molecule has 1 rings (SSSR count). The molecule has 4 heteroatoms. The summed E-state index contributed by atoms with van der Waals surface area (Å²) in [4.78, 5) is 4.73. The van der Waals surface area contributed by atoms with Crippen molar-refractivity contribution < 1.29 is 0 Å². The quantitative estimate of drug-likeness (QED) is 0.597. The summed E-state index contributed by atoms with van der Waals surface area (Å²) in [6, 6.07) is 0. The highest BCUT2D eigenvalue weighted by atomic mass is 15.4. The van der Waals surface area contributed by atoms with E-state index in [1.807, 2.05) is 5.01 Å². The van der Waals surface area contributed by atoms with E-state index in [0.717, 1.165) is 26.2 Å². The topological polar surface area (TPSA) is 35.7 Å². The Balaban J connectivity index is 2.02. The first-order valence-corrected chi connectivity index (χ1v) is 5.05. The van der Waals surface area contributed by atoms with Gasteiger partial charge >= 0.3 is 0 Å². The molecular formula is C9H22N4. The van der Waals surface area contributed by atoms with Gasteiger partial charge in [-0.15, -0.1) is 0 Å². The molecule has 1 aliphatic heterocycles. The standard InChI is InChI=1S/C9H22N4/c1-11(2)4-3-5-12-6-8-13(10)9-7-12/h3-10H2,1-2H3. The molecular weight excluding hydrogens is 164 g/mol. The van der Waals surface area contributed by atoms with E-state index >= 15 is 0 Å². The van der Waals surface area contributed by atoms with Crippen LogP contribution in [-0.2, 0) is 0 Å². The molecule has 0 aliphatic carbocycles. The number of hydrogen-bond acceptors (Lipinski definition) is 4. The summed E-state index contributed by atoms with van der Waals surface area (Å²) in [5.41, 5.74) is 0. The lowest BCUT2D eigenvalue weighted by atomic mass is 10.3. The second-order valence-corrected chi connectivity index (χ2v) is 4.03. The van der Waals surface area contributed by atoms with Crippen molar-refractivity contribution in [3.05, 3.63) is 0 Å². The van der Waals surface area contributed by atoms with E-state index in [-0.39, 0.29) is 0 Å². The first-order valence-electron chi connectivity index (χ1n) is 5.05. The monoisotopic (exact) mass is 186 g/mol. The minimum absolute atomic E-state index is 1.02. The first kappa shape index (κ1) is 10.9. The summed E-state index contributed by atoms with van der Waals surface area (Å²) in [7, 11) is 4.25. The molecule has 1 heterocycles. The molecule has 0 amide bonds. The van der Waals surface area contributed by atoms with Crippen molar-refractivity contribution in [1.82, 2.24) is 14.8 Å². The molecule has 4 nitrogen and oxygen atoms in total. The van der Waals surface area contributed by atoms with Gasteiger partial charge in [-0.1, -0.05) is 0 Å². The van der Waals surface area contributed by atoms with Gasteiger partial charge in [-0.05, 0) is 33.6 Å². The third-order valence-electron chi connectivity index (χ3n) is 2.49. The first-order chi connectivity index (χ1) is 6.18. The third-order valence-corrected chi connectivity index (χ3v) is 2.49. The Morgan fingerprint density at radius 1 is 1.15 bits per heavy atom. The second-order valence-electron chi connectivity index (χ2n) is 4.03. The SMILES string of the molecule is CN(C)CCCN1CCN(N)CC1. The van der Waals surface area contributed by atoms with E-state index in [4.69, 9.17) is 5.84 Å². The van der Waals surface area contributed by atoms with Gasteiger partial charge in [-0.2, -0.15) is 0 Å². The minimum atomic E-state index is 1.02. The fourth-order valence-electron chi connectivity index (χ4n) is 1.60. The Morgan fingerprint density at radius 3 is 2.31 bits per heavy atom. The fourth-order valence-corrected chi connectivity index (χ4v) is 1.60. The zero-order valence-corrected chi connectivity index (χ0v) is 8.87. The van der Waals surface area contributed by atoms with Crippen LogP contribution in [0.3, 0.4) is 0 Å². The molecule has 1 saturated heterocycles. The fraction of sp³-hybridized carbons (Fsp3) is 1.00. The van der Waals surface area contributed by atoms with E-state index in [0.29, 0.717) is 0 Å². The molecule has 13 heavy (non-hydrogen) atoms. The summed E-state index contributed by atoms with van der Waals surface area (Å²) in [5.74, 6) is 5.67. The second kappa shape index (κ2) is 5.54.